The van der Waals surface area contributed by atoms with Crippen LogP contribution in [0.25, 0.3) is 5.78 Å². The first-order valence-electron chi connectivity index (χ1n) is 11.6. The predicted molar refractivity (Wildman–Crippen MR) is 139 cm³/mol. The number of aryl methyl sites for hydroxylation is 3. The third kappa shape index (κ3) is 5.52. The molecule has 5 rings (SSSR count). The molecule has 1 aromatic carbocycles. The van der Waals surface area contributed by atoms with Gasteiger partial charge < -0.3 is 15.8 Å². The topological polar surface area (TPSA) is 107 Å². The lowest BCUT2D eigenvalue weighted by Crippen LogP contribution is -2.32. The van der Waals surface area contributed by atoms with E-state index >= 15 is 0 Å². The summed E-state index contributed by atoms with van der Waals surface area (Å²) in [5.74, 6) is 1.63. The van der Waals surface area contributed by atoms with Crippen LogP contribution in [0.1, 0.15) is 22.5 Å². The Hall–Kier alpha value is -4.24. The van der Waals surface area contributed by atoms with E-state index in [4.69, 9.17) is 11.6 Å². The minimum Gasteiger partial charge on any atom is -0.619 e. The van der Waals surface area contributed by atoms with Crippen molar-refractivity contribution in [2.45, 2.75) is 26.2 Å². The molecule has 0 aliphatic heterocycles. The second kappa shape index (κ2) is 10.6. The third-order valence-electron chi connectivity index (χ3n) is 5.76. The van der Waals surface area contributed by atoms with Crippen molar-refractivity contribution in [2.75, 3.05) is 17.2 Å². The van der Waals surface area contributed by atoms with Crippen molar-refractivity contribution in [1.82, 2.24) is 24.6 Å². The Morgan fingerprint density at radius 2 is 1.94 bits per heavy atom. The fraction of sp³-hybridized carbons (Fsp3) is 0.192. The Kier molecular flexibility index (Phi) is 6.90. The maximum absolute atomic E-state index is 11.9. The lowest BCUT2D eigenvalue weighted by Gasteiger charge is -2.10. The minimum absolute atomic E-state index is 0.418. The average Bonchev–Trinajstić information content (AvgIpc) is 3.27. The summed E-state index contributed by atoms with van der Waals surface area (Å²) < 4.78 is 2.54. The monoisotopic (exact) mass is 500 g/mol. The molecule has 4 heterocycles. The van der Waals surface area contributed by atoms with Crippen LogP contribution >= 0.6 is 11.6 Å². The van der Waals surface area contributed by atoms with Crippen molar-refractivity contribution >= 4 is 34.8 Å². The fourth-order valence-corrected chi connectivity index (χ4v) is 4.14. The van der Waals surface area contributed by atoms with Crippen LogP contribution in [-0.2, 0) is 19.3 Å². The van der Waals surface area contributed by atoms with Gasteiger partial charge in [0.1, 0.15) is 5.82 Å². The Balaban J connectivity index is 1.35. The van der Waals surface area contributed by atoms with Crippen molar-refractivity contribution in [3.63, 3.8) is 0 Å². The van der Waals surface area contributed by atoms with Crippen LogP contribution in [0.3, 0.4) is 0 Å². The number of rotatable bonds is 9. The zero-order valence-corrected chi connectivity index (χ0v) is 20.5. The van der Waals surface area contributed by atoms with Gasteiger partial charge in [0.2, 0.25) is 5.95 Å². The zero-order valence-electron chi connectivity index (χ0n) is 19.7. The Morgan fingerprint density at radius 3 is 2.78 bits per heavy atom. The molecule has 10 heteroatoms. The van der Waals surface area contributed by atoms with Gasteiger partial charge in [-0.1, -0.05) is 29.8 Å². The van der Waals surface area contributed by atoms with Gasteiger partial charge in [0.25, 0.3) is 5.78 Å². The van der Waals surface area contributed by atoms with E-state index in [2.05, 4.69) is 36.8 Å². The third-order valence-corrected chi connectivity index (χ3v) is 5.99. The number of fused-ring (bicyclic) bond motifs is 1. The van der Waals surface area contributed by atoms with Gasteiger partial charge in [-0.3, -0.25) is 4.98 Å². The van der Waals surface area contributed by atoms with E-state index in [1.807, 2.05) is 55.6 Å². The van der Waals surface area contributed by atoms with Crippen LogP contribution in [0.2, 0.25) is 5.02 Å². The van der Waals surface area contributed by atoms with Crippen LogP contribution in [0.5, 0.6) is 0 Å². The predicted octanol–water partition coefficient (Wildman–Crippen LogP) is 4.30. The Morgan fingerprint density at radius 1 is 1.03 bits per heavy atom. The van der Waals surface area contributed by atoms with Gasteiger partial charge in [-0.05, 0) is 49.1 Å². The first-order valence-corrected chi connectivity index (χ1v) is 12.0. The molecule has 0 aliphatic rings. The lowest BCUT2D eigenvalue weighted by atomic mass is 10.0. The number of hydrogen-bond donors (Lipinski definition) is 2. The normalized spacial score (nSPS) is 11.1. The highest BCUT2D eigenvalue weighted by Gasteiger charge is 2.13. The highest BCUT2D eigenvalue weighted by atomic mass is 35.5. The summed E-state index contributed by atoms with van der Waals surface area (Å²) in [6.07, 6.45) is 7.37. The van der Waals surface area contributed by atoms with Crippen LogP contribution in [-0.4, -0.2) is 31.1 Å². The smallest absolute Gasteiger partial charge is 0.256 e. The summed E-state index contributed by atoms with van der Waals surface area (Å²) in [4.78, 5) is 13.3. The van der Waals surface area contributed by atoms with Gasteiger partial charge in [0, 0.05) is 53.5 Å². The summed E-state index contributed by atoms with van der Waals surface area (Å²) in [7, 11) is 0. The molecule has 0 amide bonds. The highest BCUT2D eigenvalue weighted by Crippen LogP contribution is 2.25. The van der Waals surface area contributed by atoms with Crippen LogP contribution in [0, 0.1) is 12.1 Å². The van der Waals surface area contributed by atoms with Crippen LogP contribution in [0.4, 0.5) is 17.5 Å². The van der Waals surface area contributed by atoms with E-state index in [0.29, 0.717) is 35.4 Å². The molecular formula is C26H25ClN8O. The van der Waals surface area contributed by atoms with Crippen molar-refractivity contribution < 1.29 is 4.73 Å². The molecule has 0 saturated carbocycles. The lowest BCUT2D eigenvalue weighted by molar-refractivity contribution is -0.613. The summed E-state index contributed by atoms with van der Waals surface area (Å²) in [6.45, 7) is 2.46. The minimum atomic E-state index is 0.418. The zero-order chi connectivity index (χ0) is 24.9. The first kappa shape index (κ1) is 23.5. The SMILES string of the molecule is Cc1cc(NCCc2cccc[n+]2[O-])n2nc(Nc3cc(Cl)ccc3CCc3cccnc3)nc2n1. The number of nitrogens with one attached hydrogen (secondary N) is 2. The summed E-state index contributed by atoms with van der Waals surface area (Å²) >= 11 is 6.30. The molecule has 0 saturated heterocycles. The second-order valence-electron chi connectivity index (χ2n) is 8.41. The molecule has 182 valence electrons. The number of aromatic nitrogens is 6. The molecule has 0 radical (unpaired) electrons. The quantitative estimate of drug-likeness (QED) is 0.229. The van der Waals surface area contributed by atoms with Gasteiger partial charge in [-0.25, -0.2) is 4.98 Å². The van der Waals surface area contributed by atoms with Crippen LogP contribution < -0.4 is 15.4 Å². The maximum atomic E-state index is 11.9. The molecule has 0 aliphatic carbocycles. The van der Waals surface area contributed by atoms with E-state index < -0.39 is 0 Å². The van der Waals surface area contributed by atoms with Crippen molar-refractivity contribution in [2.24, 2.45) is 0 Å². The van der Waals surface area contributed by atoms with Gasteiger partial charge >= 0.3 is 0 Å². The molecule has 0 unspecified atom stereocenters. The molecule has 2 N–H and O–H groups in total. The molecule has 5 aromatic rings. The maximum Gasteiger partial charge on any atom is 0.256 e. The molecular weight excluding hydrogens is 476 g/mol. The fourth-order valence-electron chi connectivity index (χ4n) is 3.97. The van der Waals surface area contributed by atoms with E-state index in [1.54, 1.807) is 16.8 Å². The van der Waals surface area contributed by atoms with E-state index in [0.717, 1.165) is 45.9 Å². The first-order chi connectivity index (χ1) is 17.5. The van der Waals surface area contributed by atoms with Crippen molar-refractivity contribution in [1.29, 1.82) is 0 Å². The average molecular weight is 501 g/mol. The standard InChI is InChI=1S/C26H25ClN8O/c1-18-15-24(29-13-11-22-6-2-3-14-34(22)36)35-26(30-18)32-25(33-35)31-23-16-21(27)10-9-20(23)8-7-19-5-4-12-28-17-19/h2-6,9-10,12,14-17,29H,7-8,11,13H2,1H3,(H,31,33). The molecule has 9 nitrogen and oxygen atoms in total. The van der Waals surface area contributed by atoms with Crippen molar-refractivity contribution in [3.05, 3.63) is 106 Å². The number of anilines is 3. The van der Waals surface area contributed by atoms with Gasteiger partial charge in [0.05, 0.1) is 6.42 Å². The van der Waals surface area contributed by atoms with Gasteiger partial charge in [0.15, 0.2) is 11.9 Å². The van der Waals surface area contributed by atoms with E-state index in [9.17, 15) is 5.21 Å². The number of hydrogen-bond acceptors (Lipinski definition) is 7. The molecule has 0 spiro atoms. The summed E-state index contributed by atoms with van der Waals surface area (Å²) in [5, 5.41) is 23.8. The molecule has 36 heavy (non-hydrogen) atoms. The number of halogens is 1. The number of nitrogens with zero attached hydrogens (tertiary/aromatic N) is 6. The highest BCUT2D eigenvalue weighted by molar-refractivity contribution is 6.30. The summed E-state index contributed by atoms with van der Waals surface area (Å²) in [6, 6.07) is 17.1. The van der Waals surface area contributed by atoms with Gasteiger partial charge in [-0.15, -0.1) is 5.10 Å². The van der Waals surface area contributed by atoms with E-state index in [-0.39, 0.29) is 0 Å². The van der Waals surface area contributed by atoms with Crippen molar-refractivity contribution in [3.8, 4) is 0 Å². The molecule has 0 bridgehead atoms. The summed E-state index contributed by atoms with van der Waals surface area (Å²) in [5.41, 5.74) is 4.60. The second-order valence-corrected chi connectivity index (χ2v) is 8.85. The molecule has 4 aromatic heterocycles. The Bertz CT molecular complexity index is 1490. The molecule has 0 atom stereocenters. The number of pyridine rings is 2. The largest absolute Gasteiger partial charge is 0.619 e. The molecule has 0 fully saturated rings. The number of benzene rings is 1. The Labute approximate surface area is 213 Å². The van der Waals surface area contributed by atoms with Gasteiger partial charge in [-0.2, -0.15) is 14.2 Å². The van der Waals surface area contributed by atoms with Crippen LogP contribution in [0.15, 0.2) is 73.2 Å². The van der Waals surface area contributed by atoms with E-state index in [1.165, 1.54) is 6.20 Å².